The fourth-order valence-corrected chi connectivity index (χ4v) is 2.34. The standard InChI is InChI=1S/C15H26ClN5O/c1-5-7-18-14(22)6-8-19-15(17-2)21(4)11-13-9-12(16)10-20(13)3/h9-10H,5-8,11H2,1-4H3,(H,17,19)(H,18,22). The predicted octanol–water partition coefficient (Wildman–Crippen LogP) is 1.60. The van der Waals surface area contributed by atoms with Crippen LogP contribution in [0.2, 0.25) is 5.02 Å². The Labute approximate surface area is 137 Å². The van der Waals surface area contributed by atoms with Crippen molar-refractivity contribution in [3.05, 3.63) is 23.0 Å². The molecule has 0 radical (unpaired) electrons. The quantitative estimate of drug-likeness (QED) is 0.590. The van der Waals surface area contributed by atoms with Crippen molar-refractivity contribution in [1.29, 1.82) is 0 Å². The van der Waals surface area contributed by atoms with Gasteiger partial charge in [0.05, 0.1) is 11.6 Å². The summed E-state index contributed by atoms with van der Waals surface area (Å²) in [6.45, 7) is 4.00. The van der Waals surface area contributed by atoms with Crippen LogP contribution < -0.4 is 10.6 Å². The molecular weight excluding hydrogens is 302 g/mol. The highest BCUT2D eigenvalue weighted by atomic mass is 35.5. The van der Waals surface area contributed by atoms with Crippen LogP contribution in [-0.4, -0.2) is 48.5 Å². The van der Waals surface area contributed by atoms with E-state index in [9.17, 15) is 4.79 Å². The molecule has 0 aliphatic carbocycles. The van der Waals surface area contributed by atoms with Gasteiger partial charge in [0.1, 0.15) is 0 Å². The SMILES string of the molecule is CCCNC(=O)CCNC(=NC)N(C)Cc1cc(Cl)cn1C. The van der Waals surface area contributed by atoms with Gasteiger partial charge in [0.15, 0.2) is 5.96 Å². The van der Waals surface area contributed by atoms with Gasteiger partial charge in [0.25, 0.3) is 0 Å². The van der Waals surface area contributed by atoms with E-state index in [-0.39, 0.29) is 5.91 Å². The molecule has 0 unspecified atom stereocenters. The molecule has 1 aromatic heterocycles. The number of hydrogen-bond acceptors (Lipinski definition) is 2. The summed E-state index contributed by atoms with van der Waals surface area (Å²) in [5.41, 5.74) is 1.09. The third-order valence-corrected chi connectivity index (χ3v) is 3.46. The highest BCUT2D eigenvalue weighted by Gasteiger charge is 2.10. The molecule has 0 atom stereocenters. The molecule has 1 rings (SSSR count). The number of aryl methyl sites for hydroxylation is 1. The number of carbonyl (C=O) groups is 1. The Morgan fingerprint density at radius 1 is 1.41 bits per heavy atom. The van der Waals surface area contributed by atoms with Gasteiger partial charge in [-0.25, -0.2) is 0 Å². The van der Waals surface area contributed by atoms with Gasteiger partial charge in [-0.15, -0.1) is 0 Å². The Morgan fingerprint density at radius 2 is 2.14 bits per heavy atom. The van der Waals surface area contributed by atoms with Gasteiger partial charge >= 0.3 is 0 Å². The molecule has 1 amide bonds. The van der Waals surface area contributed by atoms with Crippen molar-refractivity contribution in [2.24, 2.45) is 12.0 Å². The zero-order valence-corrected chi connectivity index (χ0v) is 14.6. The molecule has 124 valence electrons. The van der Waals surface area contributed by atoms with Crippen LogP contribution in [-0.2, 0) is 18.4 Å². The number of hydrogen-bond donors (Lipinski definition) is 2. The first-order valence-electron chi connectivity index (χ1n) is 7.47. The van der Waals surface area contributed by atoms with Crippen molar-refractivity contribution >= 4 is 23.5 Å². The molecule has 0 spiro atoms. The number of aromatic nitrogens is 1. The Kier molecular flexibility index (Phi) is 7.80. The fraction of sp³-hybridized carbons (Fsp3) is 0.600. The van der Waals surface area contributed by atoms with Crippen molar-refractivity contribution < 1.29 is 4.79 Å². The fourth-order valence-electron chi connectivity index (χ4n) is 2.07. The average molecular weight is 328 g/mol. The number of aliphatic imine (C=N–C) groups is 1. The van der Waals surface area contributed by atoms with Gasteiger partial charge in [-0.2, -0.15) is 0 Å². The maximum absolute atomic E-state index is 11.6. The molecule has 0 fully saturated rings. The Bertz CT molecular complexity index is 512. The Morgan fingerprint density at radius 3 is 2.68 bits per heavy atom. The maximum Gasteiger partial charge on any atom is 0.221 e. The summed E-state index contributed by atoms with van der Waals surface area (Å²) in [6.07, 6.45) is 3.25. The van der Waals surface area contributed by atoms with E-state index in [0.29, 0.717) is 19.5 Å². The topological polar surface area (TPSA) is 61.7 Å². The number of halogens is 1. The minimum Gasteiger partial charge on any atom is -0.356 e. The monoisotopic (exact) mass is 327 g/mol. The normalized spacial score (nSPS) is 11.4. The molecule has 6 nitrogen and oxygen atoms in total. The molecule has 1 aromatic rings. The molecule has 0 bridgehead atoms. The van der Waals surface area contributed by atoms with E-state index in [0.717, 1.165) is 29.6 Å². The lowest BCUT2D eigenvalue weighted by Crippen LogP contribution is -2.40. The minimum atomic E-state index is 0.0571. The van der Waals surface area contributed by atoms with Gasteiger partial charge in [-0.1, -0.05) is 18.5 Å². The van der Waals surface area contributed by atoms with Crippen LogP contribution in [0.15, 0.2) is 17.3 Å². The smallest absolute Gasteiger partial charge is 0.221 e. The molecule has 0 aliphatic heterocycles. The van der Waals surface area contributed by atoms with Gasteiger partial charge in [-0.05, 0) is 12.5 Å². The van der Waals surface area contributed by atoms with Gasteiger partial charge in [0.2, 0.25) is 5.91 Å². The maximum atomic E-state index is 11.6. The summed E-state index contributed by atoms with van der Waals surface area (Å²) in [7, 11) is 5.64. The van der Waals surface area contributed by atoms with Crippen LogP contribution in [0.1, 0.15) is 25.5 Å². The van der Waals surface area contributed by atoms with Crippen LogP contribution in [0.25, 0.3) is 0 Å². The van der Waals surface area contributed by atoms with E-state index < -0.39 is 0 Å². The number of guanidine groups is 1. The number of nitrogens with one attached hydrogen (secondary N) is 2. The van der Waals surface area contributed by atoms with Gasteiger partial charge in [0, 0.05) is 52.5 Å². The van der Waals surface area contributed by atoms with Crippen LogP contribution in [0, 0.1) is 0 Å². The third kappa shape index (κ3) is 5.97. The molecule has 2 N–H and O–H groups in total. The van der Waals surface area contributed by atoms with E-state index in [2.05, 4.69) is 15.6 Å². The molecule has 7 heteroatoms. The number of nitrogens with zero attached hydrogens (tertiary/aromatic N) is 3. The van der Waals surface area contributed by atoms with Gasteiger partial charge < -0.3 is 20.1 Å². The number of amides is 1. The van der Waals surface area contributed by atoms with Crippen LogP contribution in [0.4, 0.5) is 0 Å². The zero-order chi connectivity index (χ0) is 16.5. The molecule has 0 saturated heterocycles. The summed E-state index contributed by atoms with van der Waals surface area (Å²) >= 11 is 5.99. The largest absolute Gasteiger partial charge is 0.356 e. The van der Waals surface area contributed by atoms with E-state index in [1.807, 2.05) is 42.7 Å². The highest BCUT2D eigenvalue weighted by molar-refractivity contribution is 6.30. The molecule has 1 heterocycles. The summed E-state index contributed by atoms with van der Waals surface area (Å²) in [6, 6.07) is 1.93. The summed E-state index contributed by atoms with van der Waals surface area (Å²) < 4.78 is 1.99. The Hall–Kier alpha value is -1.69. The second-order valence-electron chi connectivity index (χ2n) is 5.19. The molecule has 0 aromatic carbocycles. The van der Waals surface area contributed by atoms with E-state index in [4.69, 9.17) is 11.6 Å². The number of rotatable bonds is 7. The van der Waals surface area contributed by atoms with E-state index in [1.54, 1.807) is 7.05 Å². The minimum absolute atomic E-state index is 0.0571. The lowest BCUT2D eigenvalue weighted by atomic mass is 10.3. The summed E-state index contributed by atoms with van der Waals surface area (Å²) in [5.74, 6) is 0.808. The zero-order valence-electron chi connectivity index (χ0n) is 13.8. The van der Waals surface area contributed by atoms with Crippen LogP contribution in [0.3, 0.4) is 0 Å². The third-order valence-electron chi connectivity index (χ3n) is 3.25. The Balaban J connectivity index is 2.43. The predicted molar refractivity (Wildman–Crippen MR) is 91.2 cm³/mol. The van der Waals surface area contributed by atoms with Crippen molar-refractivity contribution in [2.75, 3.05) is 27.2 Å². The number of carbonyl (C=O) groups excluding carboxylic acids is 1. The van der Waals surface area contributed by atoms with Crippen molar-refractivity contribution in [2.45, 2.75) is 26.3 Å². The van der Waals surface area contributed by atoms with Crippen LogP contribution in [0.5, 0.6) is 0 Å². The first-order chi connectivity index (χ1) is 10.5. The first kappa shape index (κ1) is 18.4. The second kappa shape index (κ2) is 9.35. The van der Waals surface area contributed by atoms with E-state index >= 15 is 0 Å². The molecular formula is C15H26ClN5O. The molecule has 0 saturated carbocycles. The molecule has 0 aliphatic rings. The van der Waals surface area contributed by atoms with Crippen LogP contribution >= 0.6 is 11.6 Å². The lowest BCUT2D eigenvalue weighted by molar-refractivity contribution is -0.120. The molecule has 22 heavy (non-hydrogen) atoms. The summed E-state index contributed by atoms with van der Waals surface area (Å²) in [5, 5.41) is 6.77. The van der Waals surface area contributed by atoms with Crippen molar-refractivity contribution in [1.82, 2.24) is 20.1 Å². The average Bonchev–Trinajstić information content (AvgIpc) is 2.79. The first-order valence-corrected chi connectivity index (χ1v) is 7.85. The summed E-state index contributed by atoms with van der Waals surface area (Å²) in [4.78, 5) is 17.8. The van der Waals surface area contributed by atoms with Gasteiger partial charge in [-0.3, -0.25) is 9.79 Å². The van der Waals surface area contributed by atoms with Crippen molar-refractivity contribution in [3.63, 3.8) is 0 Å². The second-order valence-corrected chi connectivity index (χ2v) is 5.63. The van der Waals surface area contributed by atoms with E-state index in [1.165, 1.54) is 0 Å². The highest BCUT2D eigenvalue weighted by Crippen LogP contribution is 2.14. The van der Waals surface area contributed by atoms with Crippen molar-refractivity contribution in [3.8, 4) is 0 Å². The lowest BCUT2D eigenvalue weighted by Gasteiger charge is -2.22.